The molecule has 138 valence electrons. The summed E-state index contributed by atoms with van der Waals surface area (Å²) in [5.41, 5.74) is 5.43. The van der Waals surface area contributed by atoms with E-state index in [1.807, 2.05) is 0 Å². The molecule has 0 saturated heterocycles. The fraction of sp³-hybridized carbons (Fsp3) is 0.944. The van der Waals surface area contributed by atoms with Crippen LogP contribution in [0.25, 0.3) is 0 Å². The van der Waals surface area contributed by atoms with Crippen LogP contribution in [0.1, 0.15) is 84.0 Å². The Bertz CT molecular complexity index is 275. The summed E-state index contributed by atoms with van der Waals surface area (Å²) in [6.07, 6.45) is 13.1. The summed E-state index contributed by atoms with van der Waals surface area (Å²) >= 11 is 0. The SMILES string of the molecule is CCCCCCCCCCC(O)CNCCCC[C@H](N)C(=O)O. The van der Waals surface area contributed by atoms with Gasteiger partial charge in [0.15, 0.2) is 0 Å². The van der Waals surface area contributed by atoms with Crippen LogP contribution in [0.4, 0.5) is 0 Å². The standard InChI is InChI=1S/C18H38N2O3/c1-2-3-4-5-6-7-8-9-12-16(21)15-20-14-11-10-13-17(19)18(22)23/h16-17,20-21H,2-15,19H2,1H3,(H,22,23)/t16?,17-/m0/s1. The second-order valence-electron chi connectivity index (χ2n) is 6.56. The Balaban J connectivity index is 3.25. The van der Waals surface area contributed by atoms with Gasteiger partial charge in [0.1, 0.15) is 6.04 Å². The van der Waals surface area contributed by atoms with Crippen LogP contribution in [0.3, 0.4) is 0 Å². The number of hydrogen-bond acceptors (Lipinski definition) is 4. The van der Waals surface area contributed by atoms with Crippen molar-refractivity contribution in [2.45, 2.75) is 96.1 Å². The maximum absolute atomic E-state index is 10.5. The highest BCUT2D eigenvalue weighted by Crippen LogP contribution is 2.10. The van der Waals surface area contributed by atoms with E-state index in [0.29, 0.717) is 13.0 Å². The summed E-state index contributed by atoms with van der Waals surface area (Å²) < 4.78 is 0. The van der Waals surface area contributed by atoms with Gasteiger partial charge in [-0.3, -0.25) is 4.79 Å². The van der Waals surface area contributed by atoms with Gasteiger partial charge in [0, 0.05) is 6.54 Å². The molecule has 0 aromatic carbocycles. The number of aliphatic hydroxyl groups excluding tert-OH is 1. The van der Waals surface area contributed by atoms with Crippen molar-refractivity contribution in [3.05, 3.63) is 0 Å². The number of aliphatic hydroxyl groups is 1. The lowest BCUT2D eigenvalue weighted by molar-refractivity contribution is -0.138. The second kappa shape index (κ2) is 16.2. The summed E-state index contributed by atoms with van der Waals surface area (Å²) in [4.78, 5) is 10.5. The number of carbonyl (C=O) groups is 1. The van der Waals surface area contributed by atoms with E-state index in [2.05, 4.69) is 12.2 Å². The van der Waals surface area contributed by atoms with Crippen molar-refractivity contribution in [2.75, 3.05) is 13.1 Å². The second-order valence-corrected chi connectivity index (χ2v) is 6.56. The maximum Gasteiger partial charge on any atom is 0.320 e. The van der Waals surface area contributed by atoms with Gasteiger partial charge in [0.05, 0.1) is 6.10 Å². The highest BCUT2D eigenvalue weighted by atomic mass is 16.4. The molecule has 23 heavy (non-hydrogen) atoms. The summed E-state index contributed by atoms with van der Waals surface area (Å²) in [7, 11) is 0. The van der Waals surface area contributed by atoms with E-state index in [4.69, 9.17) is 10.8 Å². The zero-order valence-corrected chi connectivity index (χ0v) is 14.9. The smallest absolute Gasteiger partial charge is 0.320 e. The fourth-order valence-corrected chi connectivity index (χ4v) is 2.62. The van der Waals surface area contributed by atoms with Gasteiger partial charge in [-0.2, -0.15) is 0 Å². The molecule has 1 unspecified atom stereocenters. The van der Waals surface area contributed by atoms with Crippen molar-refractivity contribution in [1.82, 2.24) is 5.32 Å². The third kappa shape index (κ3) is 16.0. The average molecular weight is 331 g/mol. The van der Waals surface area contributed by atoms with Crippen LogP contribution in [0, 0.1) is 0 Å². The third-order valence-corrected chi connectivity index (χ3v) is 4.21. The molecule has 0 rings (SSSR count). The zero-order valence-electron chi connectivity index (χ0n) is 14.9. The lowest BCUT2D eigenvalue weighted by Gasteiger charge is -2.12. The summed E-state index contributed by atoms with van der Waals surface area (Å²) in [5, 5.41) is 21.8. The van der Waals surface area contributed by atoms with Gasteiger partial charge in [-0.15, -0.1) is 0 Å². The molecule has 0 aliphatic carbocycles. The number of hydrogen-bond donors (Lipinski definition) is 4. The van der Waals surface area contributed by atoms with E-state index >= 15 is 0 Å². The summed E-state index contributed by atoms with van der Waals surface area (Å²) in [6, 6.07) is -0.748. The lowest BCUT2D eigenvalue weighted by Crippen LogP contribution is -2.30. The zero-order chi connectivity index (χ0) is 17.3. The molecule has 0 aliphatic rings. The lowest BCUT2D eigenvalue weighted by atomic mass is 10.1. The molecular formula is C18H38N2O3. The Kier molecular flexibility index (Phi) is 15.8. The van der Waals surface area contributed by atoms with E-state index in [1.54, 1.807) is 0 Å². The minimum absolute atomic E-state index is 0.267. The third-order valence-electron chi connectivity index (χ3n) is 4.21. The predicted octanol–water partition coefficient (Wildman–Crippen LogP) is 3.05. The van der Waals surface area contributed by atoms with Gasteiger partial charge in [0.25, 0.3) is 0 Å². The van der Waals surface area contributed by atoms with Crippen molar-refractivity contribution in [3.63, 3.8) is 0 Å². The minimum atomic E-state index is -0.932. The number of rotatable bonds is 17. The minimum Gasteiger partial charge on any atom is -0.480 e. The van der Waals surface area contributed by atoms with Crippen LogP contribution in [-0.4, -0.2) is 41.4 Å². The van der Waals surface area contributed by atoms with E-state index in [9.17, 15) is 9.90 Å². The molecule has 0 amide bonds. The number of carboxylic acids is 1. The largest absolute Gasteiger partial charge is 0.480 e. The molecule has 0 heterocycles. The van der Waals surface area contributed by atoms with Crippen LogP contribution in [0.5, 0.6) is 0 Å². The van der Waals surface area contributed by atoms with Crippen molar-refractivity contribution in [1.29, 1.82) is 0 Å². The van der Waals surface area contributed by atoms with Crippen LogP contribution in [0.15, 0.2) is 0 Å². The monoisotopic (exact) mass is 330 g/mol. The molecule has 0 fully saturated rings. The molecule has 0 saturated carbocycles. The summed E-state index contributed by atoms with van der Waals surface area (Å²) in [5.74, 6) is -0.932. The number of nitrogens with two attached hydrogens (primary N) is 1. The molecule has 5 nitrogen and oxygen atoms in total. The fourth-order valence-electron chi connectivity index (χ4n) is 2.62. The Morgan fingerprint density at radius 2 is 1.52 bits per heavy atom. The molecular weight excluding hydrogens is 292 g/mol. The highest BCUT2D eigenvalue weighted by Gasteiger charge is 2.10. The van der Waals surface area contributed by atoms with Gasteiger partial charge in [-0.1, -0.05) is 64.7 Å². The van der Waals surface area contributed by atoms with Crippen LogP contribution in [0.2, 0.25) is 0 Å². The first kappa shape index (κ1) is 22.4. The quantitative estimate of drug-likeness (QED) is 0.307. The maximum atomic E-state index is 10.5. The first-order valence-corrected chi connectivity index (χ1v) is 9.45. The Morgan fingerprint density at radius 3 is 2.13 bits per heavy atom. The van der Waals surface area contributed by atoms with Crippen LogP contribution < -0.4 is 11.1 Å². The van der Waals surface area contributed by atoms with E-state index in [0.717, 1.165) is 32.2 Å². The molecule has 5 heteroatoms. The van der Waals surface area contributed by atoms with Crippen molar-refractivity contribution in [3.8, 4) is 0 Å². The van der Waals surface area contributed by atoms with E-state index in [1.165, 1.54) is 44.9 Å². The first-order valence-electron chi connectivity index (χ1n) is 9.45. The molecule has 0 spiro atoms. The van der Waals surface area contributed by atoms with Crippen LogP contribution >= 0.6 is 0 Å². The highest BCUT2D eigenvalue weighted by molar-refractivity contribution is 5.72. The van der Waals surface area contributed by atoms with Crippen molar-refractivity contribution in [2.24, 2.45) is 5.73 Å². The van der Waals surface area contributed by atoms with E-state index < -0.39 is 12.0 Å². The van der Waals surface area contributed by atoms with Gasteiger partial charge in [-0.25, -0.2) is 0 Å². The van der Waals surface area contributed by atoms with Crippen molar-refractivity contribution < 1.29 is 15.0 Å². The Hall–Kier alpha value is -0.650. The molecule has 0 aromatic rings. The van der Waals surface area contributed by atoms with Gasteiger partial charge >= 0.3 is 5.97 Å². The molecule has 0 aliphatic heterocycles. The van der Waals surface area contributed by atoms with E-state index in [-0.39, 0.29) is 6.10 Å². The normalized spacial score (nSPS) is 13.9. The molecule has 2 atom stereocenters. The van der Waals surface area contributed by atoms with Gasteiger partial charge < -0.3 is 21.3 Å². The van der Waals surface area contributed by atoms with Gasteiger partial charge in [-0.05, 0) is 25.8 Å². The molecule has 5 N–H and O–H groups in total. The average Bonchev–Trinajstić information content (AvgIpc) is 2.52. The first-order chi connectivity index (χ1) is 11.1. The molecule has 0 aromatic heterocycles. The van der Waals surface area contributed by atoms with Crippen molar-refractivity contribution >= 4 is 5.97 Å². The number of carboxylic acid groups (broad SMARTS) is 1. The predicted molar refractivity (Wildman–Crippen MR) is 95.6 cm³/mol. The Morgan fingerprint density at radius 1 is 0.957 bits per heavy atom. The number of nitrogens with one attached hydrogen (secondary N) is 1. The number of unbranched alkanes of at least 4 members (excludes halogenated alkanes) is 8. The van der Waals surface area contributed by atoms with Crippen LogP contribution in [-0.2, 0) is 4.79 Å². The number of aliphatic carboxylic acids is 1. The molecule has 0 radical (unpaired) electrons. The van der Waals surface area contributed by atoms with Gasteiger partial charge in [0.2, 0.25) is 0 Å². The Labute approximate surface area is 142 Å². The molecule has 0 bridgehead atoms. The topological polar surface area (TPSA) is 95.6 Å². The summed E-state index contributed by atoms with van der Waals surface area (Å²) in [6.45, 7) is 3.67.